The van der Waals surface area contributed by atoms with Crippen molar-refractivity contribution in [3.8, 4) is 5.75 Å². The molecule has 0 radical (unpaired) electrons. The highest BCUT2D eigenvalue weighted by molar-refractivity contribution is 6.42. The first kappa shape index (κ1) is 25.6. The van der Waals surface area contributed by atoms with Crippen LogP contribution in [0.15, 0.2) is 54.7 Å². The Labute approximate surface area is 214 Å². The van der Waals surface area contributed by atoms with Crippen LogP contribution in [0.4, 0.5) is 18.9 Å². The summed E-state index contributed by atoms with van der Waals surface area (Å²) in [6.45, 7) is 3.86. The van der Waals surface area contributed by atoms with E-state index >= 15 is 0 Å². The number of benzene rings is 2. The van der Waals surface area contributed by atoms with Gasteiger partial charge in [-0.1, -0.05) is 35.3 Å². The summed E-state index contributed by atoms with van der Waals surface area (Å²) < 4.78 is 47.0. The van der Waals surface area contributed by atoms with Gasteiger partial charge < -0.3 is 10.1 Å². The molecule has 0 saturated carbocycles. The summed E-state index contributed by atoms with van der Waals surface area (Å²) in [7, 11) is 0. The third-order valence-electron chi connectivity index (χ3n) is 5.33. The summed E-state index contributed by atoms with van der Waals surface area (Å²) in [4.78, 5) is 12.8. The molecule has 0 bridgehead atoms. The van der Waals surface area contributed by atoms with E-state index in [4.69, 9.17) is 27.9 Å². The van der Waals surface area contributed by atoms with Crippen LogP contribution in [0.3, 0.4) is 0 Å². The Balaban J connectivity index is 1.41. The van der Waals surface area contributed by atoms with E-state index in [1.54, 1.807) is 23.7 Å². The smallest absolute Gasteiger partial charge is 0.416 e. The van der Waals surface area contributed by atoms with Crippen LogP contribution < -0.4 is 10.1 Å². The van der Waals surface area contributed by atoms with Crippen molar-refractivity contribution in [2.45, 2.75) is 33.3 Å². The molecule has 0 unspecified atom stereocenters. The zero-order chi connectivity index (χ0) is 26.0. The number of carbonyl (C=O) groups excluding carboxylic acids is 1. The van der Waals surface area contributed by atoms with Crippen molar-refractivity contribution < 1.29 is 22.7 Å². The largest absolute Gasteiger partial charge is 0.471 e. The lowest BCUT2D eigenvalue weighted by molar-refractivity contribution is -0.137. The van der Waals surface area contributed by atoms with Gasteiger partial charge in [-0.25, -0.2) is 4.68 Å². The van der Waals surface area contributed by atoms with Gasteiger partial charge in [-0.2, -0.15) is 23.4 Å². The number of amides is 1. The lowest BCUT2D eigenvalue weighted by atomic mass is 10.2. The number of nitrogens with zero attached hydrogens (tertiary/aromatic N) is 4. The Morgan fingerprint density at radius 1 is 1.06 bits per heavy atom. The lowest BCUT2D eigenvalue weighted by Gasteiger charge is -2.10. The van der Waals surface area contributed by atoms with Crippen LogP contribution in [-0.2, 0) is 19.5 Å². The number of ether oxygens (including phenoxy) is 1. The van der Waals surface area contributed by atoms with Gasteiger partial charge in [0, 0.05) is 6.20 Å². The highest BCUT2D eigenvalue weighted by Gasteiger charge is 2.30. The lowest BCUT2D eigenvalue weighted by Crippen LogP contribution is -2.15. The molecule has 36 heavy (non-hydrogen) atoms. The van der Waals surface area contributed by atoms with Crippen molar-refractivity contribution in [3.05, 3.63) is 93.0 Å². The van der Waals surface area contributed by atoms with E-state index in [1.165, 1.54) is 29.1 Å². The molecule has 0 atom stereocenters. The minimum Gasteiger partial charge on any atom is -0.471 e. The topological polar surface area (TPSA) is 74.0 Å². The van der Waals surface area contributed by atoms with Crippen LogP contribution in [0, 0.1) is 13.8 Å². The summed E-state index contributed by atoms with van der Waals surface area (Å²) in [6.07, 6.45) is -2.97. The summed E-state index contributed by atoms with van der Waals surface area (Å²) in [5.41, 5.74) is 2.10. The monoisotopic (exact) mass is 537 g/mol. The number of alkyl halides is 3. The predicted molar refractivity (Wildman–Crippen MR) is 130 cm³/mol. The van der Waals surface area contributed by atoms with Crippen molar-refractivity contribution in [1.82, 2.24) is 19.6 Å². The van der Waals surface area contributed by atoms with E-state index in [-0.39, 0.29) is 18.2 Å². The molecule has 2 heterocycles. The van der Waals surface area contributed by atoms with Gasteiger partial charge in [-0.05, 0) is 55.8 Å². The van der Waals surface area contributed by atoms with Gasteiger partial charge >= 0.3 is 6.18 Å². The minimum absolute atomic E-state index is 0.0342. The van der Waals surface area contributed by atoms with Crippen molar-refractivity contribution >= 4 is 34.8 Å². The molecule has 4 rings (SSSR count). The quantitative estimate of drug-likeness (QED) is 0.297. The maximum absolute atomic E-state index is 12.9. The minimum atomic E-state index is -4.47. The van der Waals surface area contributed by atoms with E-state index < -0.39 is 17.6 Å². The van der Waals surface area contributed by atoms with Gasteiger partial charge in [-0.15, -0.1) is 0 Å². The molecule has 4 aromatic rings. The molecule has 0 aliphatic rings. The van der Waals surface area contributed by atoms with Crippen LogP contribution in [-0.4, -0.2) is 25.5 Å². The molecule has 0 spiro atoms. The number of aromatic nitrogens is 4. The van der Waals surface area contributed by atoms with Gasteiger partial charge in [0.05, 0.1) is 39.2 Å². The van der Waals surface area contributed by atoms with Gasteiger partial charge in [0.15, 0.2) is 12.4 Å². The zero-order valence-electron chi connectivity index (χ0n) is 19.1. The Bertz CT molecular complexity index is 1420. The normalized spacial score (nSPS) is 11.5. The Hall–Kier alpha value is -3.50. The summed E-state index contributed by atoms with van der Waals surface area (Å²) in [5.74, 6) is -0.430. The molecule has 1 N–H and O–H groups in total. The molecular weight excluding hydrogens is 518 g/mol. The van der Waals surface area contributed by atoms with Gasteiger partial charge in [0.2, 0.25) is 0 Å². The Kier molecular flexibility index (Phi) is 7.28. The van der Waals surface area contributed by atoms with Crippen LogP contribution in [0.1, 0.15) is 33.0 Å². The van der Waals surface area contributed by atoms with Crippen LogP contribution in [0.5, 0.6) is 5.75 Å². The number of nitrogens with one attached hydrogen (secondary N) is 1. The number of aryl methyl sites for hydroxylation is 1. The summed E-state index contributed by atoms with van der Waals surface area (Å²) >= 11 is 12.1. The van der Waals surface area contributed by atoms with Gasteiger partial charge in [0.1, 0.15) is 5.75 Å². The molecule has 1 amide bonds. The molecular formula is C24H20Cl2F3N5O2. The summed E-state index contributed by atoms with van der Waals surface area (Å²) in [6, 6.07) is 11.3. The molecule has 12 heteroatoms. The Morgan fingerprint density at radius 2 is 1.83 bits per heavy atom. The predicted octanol–water partition coefficient (Wildman–Crippen LogP) is 6.36. The number of rotatable bonds is 7. The molecule has 0 aliphatic heterocycles. The molecule has 2 aromatic carbocycles. The van der Waals surface area contributed by atoms with Crippen LogP contribution in [0.2, 0.25) is 10.0 Å². The molecule has 2 aromatic heterocycles. The fourth-order valence-electron chi connectivity index (χ4n) is 3.48. The number of anilines is 1. The second-order valence-corrected chi connectivity index (χ2v) is 8.76. The third kappa shape index (κ3) is 5.83. The highest BCUT2D eigenvalue weighted by atomic mass is 35.5. The maximum atomic E-state index is 12.9. The van der Waals surface area contributed by atoms with Crippen molar-refractivity contribution in [2.75, 3.05) is 5.32 Å². The first-order valence-electron chi connectivity index (χ1n) is 10.6. The van der Waals surface area contributed by atoms with E-state index in [2.05, 4.69) is 15.5 Å². The van der Waals surface area contributed by atoms with Crippen molar-refractivity contribution in [3.63, 3.8) is 0 Å². The second-order valence-electron chi connectivity index (χ2n) is 7.95. The molecule has 188 valence electrons. The number of halogens is 5. The van der Waals surface area contributed by atoms with Crippen LogP contribution >= 0.6 is 23.2 Å². The average Bonchev–Trinajstić information content (AvgIpc) is 3.40. The third-order valence-corrected chi connectivity index (χ3v) is 6.07. The number of hydrogen-bond acceptors (Lipinski definition) is 4. The molecule has 0 saturated heterocycles. The second kappa shape index (κ2) is 10.2. The molecule has 0 aliphatic carbocycles. The van der Waals surface area contributed by atoms with Gasteiger partial charge in [0.25, 0.3) is 5.91 Å². The summed E-state index contributed by atoms with van der Waals surface area (Å²) in [5, 5.41) is 12.4. The standard InChI is InChI=1S/C24H20Cl2F3N5O2/c1-14-22(15(2)34(31-14)12-16-6-7-19(25)20(26)10-16)30-23(35)21-8-9-33(32-21)13-36-18-5-3-4-17(11-18)24(27,28)29/h3-11H,12-13H2,1-2H3,(H,30,35). The molecule has 0 fully saturated rings. The SMILES string of the molecule is Cc1nn(Cc2ccc(Cl)c(Cl)c2)c(C)c1NC(=O)c1ccn(COc2cccc(C(F)(F)F)c2)n1. The Morgan fingerprint density at radius 3 is 2.56 bits per heavy atom. The van der Waals surface area contributed by atoms with E-state index in [1.807, 2.05) is 13.0 Å². The van der Waals surface area contributed by atoms with Crippen molar-refractivity contribution in [2.24, 2.45) is 0 Å². The number of carbonyl (C=O) groups is 1. The fourth-order valence-corrected chi connectivity index (χ4v) is 3.80. The van der Waals surface area contributed by atoms with Crippen LogP contribution in [0.25, 0.3) is 0 Å². The first-order valence-corrected chi connectivity index (χ1v) is 11.4. The van der Waals surface area contributed by atoms with E-state index in [9.17, 15) is 18.0 Å². The van der Waals surface area contributed by atoms with E-state index in [0.29, 0.717) is 28.0 Å². The van der Waals surface area contributed by atoms with Gasteiger partial charge in [-0.3, -0.25) is 9.48 Å². The first-order chi connectivity index (χ1) is 17.0. The van der Waals surface area contributed by atoms with Crippen molar-refractivity contribution in [1.29, 1.82) is 0 Å². The highest BCUT2D eigenvalue weighted by Crippen LogP contribution is 2.31. The molecule has 7 nitrogen and oxygen atoms in total. The van der Waals surface area contributed by atoms with E-state index in [0.717, 1.165) is 23.4 Å². The zero-order valence-corrected chi connectivity index (χ0v) is 20.6. The number of hydrogen-bond donors (Lipinski definition) is 1. The fraction of sp³-hybridized carbons (Fsp3) is 0.208. The average molecular weight is 538 g/mol. The maximum Gasteiger partial charge on any atom is 0.416 e.